The number of hydrogen-bond acceptors (Lipinski definition) is 6. The molecule has 1 aliphatic rings. The molecular weight excluding hydrogens is 412 g/mol. The molecule has 1 N–H and O–H groups in total. The number of piperidine rings is 1. The number of hydrogen-bond donors (Lipinski definition) is 1. The van der Waals surface area contributed by atoms with Gasteiger partial charge in [0.05, 0.1) is 19.6 Å². The van der Waals surface area contributed by atoms with Gasteiger partial charge in [-0.1, -0.05) is 12.1 Å². The minimum atomic E-state index is -3.53. The lowest BCUT2D eigenvalue weighted by atomic mass is 9.98. The van der Waals surface area contributed by atoms with Crippen LogP contribution in [0.3, 0.4) is 0 Å². The van der Waals surface area contributed by atoms with E-state index >= 15 is 0 Å². The van der Waals surface area contributed by atoms with Crippen molar-refractivity contribution >= 4 is 27.3 Å². The van der Waals surface area contributed by atoms with E-state index in [4.69, 9.17) is 9.47 Å². The van der Waals surface area contributed by atoms with E-state index in [0.29, 0.717) is 48.2 Å². The molecule has 1 fully saturated rings. The summed E-state index contributed by atoms with van der Waals surface area (Å²) in [5.41, 5.74) is 0.887. The predicted molar refractivity (Wildman–Crippen MR) is 112 cm³/mol. The highest BCUT2D eigenvalue weighted by Gasteiger charge is 2.33. The van der Waals surface area contributed by atoms with Crippen LogP contribution in [0.15, 0.2) is 39.9 Å². The van der Waals surface area contributed by atoms with E-state index in [9.17, 15) is 13.2 Å². The summed E-state index contributed by atoms with van der Waals surface area (Å²) in [4.78, 5) is 12.7. The SMILES string of the molecule is CCOc1ccc(CNC(=O)C2CCCN(S(=O)(=O)c3cccs3)C2)cc1OC. The molecule has 0 saturated carbocycles. The van der Waals surface area contributed by atoms with Crippen LogP contribution >= 0.6 is 11.3 Å². The third-order valence-corrected chi connectivity index (χ3v) is 8.08. The van der Waals surface area contributed by atoms with E-state index in [-0.39, 0.29) is 18.4 Å². The Kier molecular flexibility index (Phi) is 7.15. The second-order valence-electron chi connectivity index (χ2n) is 6.77. The maximum absolute atomic E-state index is 12.7. The average Bonchev–Trinajstić information content (AvgIpc) is 3.29. The average molecular weight is 439 g/mol. The maximum Gasteiger partial charge on any atom is 0.252 e. The van der Waals surface area contributed by atoms with E-state index in [1.165, 1.54) is 15.6 Å². The number of sulfonamides is 1. The van der Waals surface area contributed by atoms with Crippen LogP contribution < -0.4 is 14.8 Å². The van der Waals surface area contributed by atoms with Crippen molar-refractivity contribution in [3.8, 4) is 11.5 Å². The zero-order valence-electron chi connectivity index (χ0n) is 16.6. The molecule has 0 spiro atoms. The van der Waals surface area contributed by atoms with Crippen molar-refractivity contribution < 1.29 is 22.7 Å². The largest absolute Gasteiger partial charge is 0.493 e. The molecule has 7 nitrogen and oxygen atoms in total. The van der Waals surface area contributed by atoms with Crippen LogP contribution in [0.4, 0.5) is 0 Å². The van der Waals surface area contributed by atoms with Gasteiger partial charge in [-0.25, -0.2) is 8.42 Å². The van der Waals surface area contributed by atoms with Gasteiger partial charge in [0.15, 0.2) is 11.5 Å². The quantitative estimate of drug-likeness (QED) is 0.685. The molecule has 1 amide bonds. The summed E-state index contributed by atoms with van der Waals surface area (Å²) in [6, 6.07) is 8.85. The lowest BCUT2D eigenvalue weighted by molar-refractivity contribution is -0.126. The van der Waals surface area contributed by atoms with Gasteiger partial charge in [0.2, 0.25) is 5.91 Å². The highest BCUT2D eigenvalue weighted by molar-refractivity contribution is 7.91. The van der Waals surface area contributed by atoms with Crippen LogP contribution in [0, 0.1) is 5.92 Å². The summed E-state index contributed by atoms with van der Waals surface area (Å²) < 4.78 is 38.0. The summed E-state index contributed by atoms with van der Waals surface area (Å²) >= 11 is 1.20. The van der Waals surface area contributed by atoms with E-state index in [1.807, 2.05) is 25.1 Å². The number of nitrogens with one attached hydrogen (secondary N) is 1. The first-order valence-electron chi connectivity index (χ1n) is 9.56. The number of rotatable bonds is 8. The van der Waals surface area contributed by atoms with Crippen LogP contribution in [-0.4, -0.2) is 45.4 Å². The zero-order chi connectivity index (χ0) is 20.9. The molecule has 1 aromatic heterocycles. The van der Waals surface area contributed by atoms with Crippen molar-refractivity contribution in [2.24, 2.45) is 5.92 Å². The Labute approximate surface area is 175 Å². The van der Waals surface area contributed by atoms with Crippen molar-refractivity contribution in [1.82, 2.24) is 9.62 Å². The van der Waals surface area contributed by atoms with Crippen molar-refractivity contribution in [2.75, 3.05) is 26.8 Å². The number of methoxy groups -OCH3 is 1. The van der Waals surface area contributed by atoms with E-state index in [0.717, 1.165) is 5.56 Å². The molecule has 0 radical (unpaired) electrons. The molecule has 2 heterocycles. The summed E-state index contributed by atoms with van der Waals surface area (Å²) in [5.74, 6) is 0.781. The lowest BCUT2D eigenvalue weighted by Gasteiger charge is -2.30. The van der Waals surface area contributed by atoms with E-state index in [2.05, 4.69) is 5.32 Å². The summed E-state index contributed by atoms with van der Waals surface area (Å²) in [7, 11) is -1.96. The van der Waals surface area contributed by atoms with E-state index < -0.39 is 10.0 Å². The Morgan fingerprint density at radius 1 is 1.31 bits per heavy atom. The molecule has 1 unspecified atom stereocenters. The standard InChI is InChI=1S/C20H26N2O5S2/c1-3-27-17-9-8-15(12-18(17)26-2)13-21-20(23)16-6-4-10-22(14-16)29(24,25)19-7-5-11-28-19/h5,7-9,11-12,16H,3-4,6,10,13-14H2,1-2H3,(H,21,23). The van der Waals surface area contributed by atoms with Gasteiger partial charge in [-0.3, -0.25) is 4.79 Å². The molecule has 0 bridgehead atoms. The van der Waals surface area contributed by atoms with Crippen molar-refractivity contribution in [3.05, 3.63) is 41.3 Å². The number of amides is 1. The monoisotopic (exact) mass is 438 g/mol. The summed E-state index contributed by atoms with van der Waals surface area (Å²) in [5, 5.41) is 4.67. The normalized spacial score (nSPS) is 17.7. The molecule has 1 aromatic carbocycles. The smallest absolute Gasteiger partial charge is 0.252 e. The molecule has 3 rings (SSSR count). The molecule has 9 heteroatoms. The minimum Gasteiger partial charge on any atom is -0.493 e. The van der Waals surface area contributed by atoms with Gasteiger partial charge in [0.1, 0.15) is 4.21 Å². The second kappa shape index (κ2) is 9.60. The number of carbonyl (C=O) groups is 1. The maximum atomic E-state index is 12.7. The highest BCUT2D eigenvalue weighted by atomic mass is 32.2. The fraction of sp³-hybridized carbons (Fsp3) is 0.450. The Morgan fingerprint density at radius 3 is 2.83 bits per heavy atom. The van der Waals surface area contributed by atoms with Gasteiger partial charge in [0.25, 0.3) is 10.0 Å². The van der Waals surface area contributed by atoms with Gasteiger partial charge in [-0.2, -0.15) is 4.31 Å². The van der Waals surface area contributed by atoms with Crippen LogP contribution in [0.1, 0.15) is 25.3 Å². The van der Waals surface area contributed by atoms with Gasteiger partial charge >= 0.3 is 0 Å². The molecular formula is C20H26N2O5S2. The topological polar surface area (TPSA) is 84.9 Å². The number of thiophene rings is 1. The molecule has 1 atom stereocenters. The molecule has 1 saturated heterocycles. The van der Waals surface area contributed by atoms with E-state index in [1.54, 1.807) is 24.6 Å². The zero-order valence-corrected chi connectivity index (χ0v) is 18.2. The first-order valence-corrected chi connectivity index (χ1v) is 11.9. The molecule has 158 valence electrons. The molecule has 2 aromatic rings. The summed E-state index contributed by atoms with van der Waals surface area (Å²) in [6.45, 7) is 3.44. The van der Waals surface area contributed by atoms with Crippen molar-refractivity contribution in [2.45, 2.75) is 30.5 Å². The second-order valence-corrected chi connectivity index (χ2v) is 9.88. The lowest BCUT2D eigenvalue weighted by Crippen LogP contribution is -2.45. The Bertz CT molecular complexity index is 928. The van der Waals surface area contributed by atoms with Gasteiger partial charge in [-0.15, -0.1) is 11.3 Å². The number of ether oxygens (including phenoxy) is 2. The molecule has 0 aliphatic carbocycles. The van der Waals surface area contributed by atoms with Crippen molar-refractivity contribution in [1.29, 1.82) is 0 Å². The fourth-order valence-electron chi connectivity index (χ4n) is 3.34. The molecule has 1 aliphatic heterocycles. The minimum absolute atomic E-state index is 0.135. The van der Waals surface area contributed by atoms with Crippen molar-refractivity contribution in [3.63, 3.8) is 0 Å². The van der Waals surface area contributed by atoms with Crippen LogP contribution in [0.25, 0.3) is 0 Å². The molecule has 29 heavy (non-hydrogen) atoms. The Balaban J connectivity index is 1.61. The third-order valence-electron chi connectivity index (χ3n) is 4.84. The predicted octanol–water partition coefficient (Wildman–Crippen LogP) is 2.87. The van der Waals surface area contributed by atoms with Gasteiger partial charge in [-0.05, 0) is 48.9 Å². The van der Waals surface area contributed by atoms with Crippen LogP contribution in [0.2, 0.25) is 0 Å². The number of carbonyl (C=O) groups excluding carboxylic acids is 1. The Hall–Kier alpha value is -2.10. The number of nitrogens with zero attached hydrogens (tertiary/aromatic N) is 1. The van der Waals surface area contributed by atoms with Crippen LogP contribution in [0.5, 0.6) is 11.5 Å². The summed E-state index contributed by atoms with van der Waals surface area (Å²) in [6.07, 6.45) is 1.34. The first kappa shape index (κ1) is 21.6. The van der Waals surface area contributed by atoms with Crippen LogP contribution in [-0.2, 0) is 21.4 Å². The number of benzene rings is 1. The first-order chi connectivity index (χ1) is 14.0. The highest BCUT2D eigenvalue weighted by Crippen LogP contribution is 2.29. The Morgan fingerprint density at radius 2 is 2.14 bits per heavy atom. The van der Waals surface area contributed by atoms with Gasteiger partial charge in [0, 0.05) is 19.6 Å². The third kappa shape index (κ3) is 5.09. The fourth-order valence-corrected chi connectivity index (χ4v) is 6.01. The van der Waals surface area contributed by atoms with Gasteiger partial charge < -0.3 is 14.8 Å².